The van der Waals surface area contributed by atoms with Crippen LogP contribution in [-0.2, 0) is 66.7 Å². The van der Waals surface area contributed by atoms with Gasteiger partial charge in [0.25, 0.3) is 5.69 Å². The highest BCUT2D eigenvalue weighted by Gasteiger charge is 2.57. The van der Waals surface area contributed by atoms with Gasteiger partial charge in [-0.1, -0.05) is 90.4 Å². The molecular formula is C53H57N9O14P2S4. The second-order valence-electron chi connectivity index (χ2n) is 20.3. The zero-order valence-electron chi connectivity index (χ0n) is 44.9. The Labute approximate surface area is 488 Å². The van der Waals surface area contributed by atoms with Gasteiger partial charge in [-0.15, -0.1) is 0 Å². The maximum atomic E-state index is 12.8. The van der Waals surface area contributed by atoms with Crippen LogP contribution < -0.4 is 4.52 Å². The lowest BCUT2D eigenvalue weighted by atomic mass is 10.1. The van der Waals surface area contributed by atoms with Gasteiger partial charge in [-0.3, -0.25) is 37.9 Å². The molecule has 0 unspecified atom stereocenters. The molecule has 6 aliphatic heterocycles. The van der Waals surface area contributed by atoms with Gasteiger partial charge >= 0.3 is 6.80 Å². The number of aromatic nitrogens is 8. The van der Waals surface area contributed by atoms with Gasteiger partial charge in [0, 0.05) is 40.5 Å². The van der Waals surface area contributed by atoms with E-state index in [2.05, 4.69) is 36.8 Å². The summed E-state index contributed by atoms with van der Waals surface area (Å²) in [5.41, 5.74) is 4.69. The van der Waals surface area contributed by atoms with E-state index >= 15 is 0 Å². The number of ether oxygens (including phenoxy) is 6. The number of hydrogen-bond acceptors (Lipinski definition) is 24. The summed E-state index contributed by atoms with van der Waals surface area (Å²) >= 11 is 9.96. The van der Waals surface area contributed by atoms with Gasteiger partial charge in [0.1, 0.15) is 60.0 Å². The number of benzene rings is 3. The summed E-state index contributed by atoms with van der Waals surface area (Å²) in [5.74, 6) is 1.72. The third-order valence-electron chi connectivity index (χ3n) is 13.7. The molecule has 9 atom stereocenters. The summed E-state index contributed by atoms with van der Waals surface area (Å²) in [6.07, 6.45) is 4.25. The van der Waals surface area contributed by atoms with E-state index in [4.69, 9.17) is 53.8 Å². The molecule has 432 valence electrons. The number of carbonyl (C=O) groups excluding carboxylic acids is 2. The molecule has 82 heavy (non-hydrogen) atoms. The van der Waals surface area contributed by atoms with Gasteiger partial charge in [-0.05, 0) is 69.4 Å². The van der Waals surface area contributed by atoms with Gasteiger partial charge in [0.15, 0.2) is 46.9 Å². The molecule has 0 aliphatic carbocycles. The van der Waals surface area contributed by atoms with E-state index in [0.717, 1.165) is 17.9 Å². The Balaban J connectivity index is 0.000000138. The maximum absolute atomic E-state index is 12.8. The van der Waals surface area contributed by atoms with Crippen LogP contribution in [0.1, 0.15) is 85.6 Å². The van der Waals surface area contributed by atoms with Crippen LogP contribution in [0.25, 0.3) is 22.3 Å². The molecule has 0 radical (unpaired) electrons. The second kappa shape index (κ2) is 24.5. The summed E-state index contributed by atoms with van der Waals surface area (Å²) in [6, 6.07) is 24.3. The van der Waals surface area contributed by atoms with Crippen LogP contribution in [-0.4, -0.2) is 134 Å². The first-order valence-corrected chi connectivity index (χ1v) is 35.3. The largest absolute Gasteiger partial charge is 0.448 e. The fourth-order valence-corrected chi connectivity index (χ4v) is 22.2. The van der Waals surface area contributed by atoms with E-state index in [9.17, 15) is 24.3 Å². The summed E-state index contributed by atoms with van der Waals surface area (Å²) in [4.78, 5) is 62.0. The van der Waals surface area contributed by atoms with Crippen molar-refractivity contribution < 1.29 is 61.1 Å². The quantitative estimate of drug-likeness (QED) is 0.0400. The predicted octanol–water partition coefficient (Wildman–Crippen LogP) is 10.3. The fourth-order valence-electron chi connectivity index (χ4n) is 10.1. The van der Waals surface area contributed by atoms with Crippen LogP contribution in [0.2, 0.25) is 0 Å². The van der Waals surface area contributed by atoms with E-state index in [-0.39, 0.29) is 55.0 Å². The van der Waals surface area contributed by atoms with Crippen molar-refractivity contribution >= 4 is 97.0 Å². The standard InChI is InChI=1S/C23H25N4O7PS.C22H24N4O4.C8H8NO3PS3/c1-23(2)33-19-17(11-31-35(29)30-8-9-36-35)32-22(20(19)34-23)27-13-26-18-15(24-12-25-21(18)27)10-16(28)14-6-4-3-5-7-14;1-4-16-18-19(30-22(2,3)29-18)21(28-16)26-12-25-17-14(23-11-24-20(17)26)10-15(27)13-8-6-5-7-9-13;10-9(11)7-1-3-8(4-2-7)12-13(14)15-5-6-16-13/h3-7,12-13,17,19-20,22H,8-11H2,1-2H3;5-9,11-12,16,18-19,21H,4,10H2,1-3H3;1-4H,5-6H2/t17-,19-,20-,22-,35+;16-,18-,19-,21-;/m11./s1. The van der Waals surface area contributed by atoms with Crippen molar-refractivity contribution in [1.82, 2.24) is 39.0 Å². The average molecular weight is 1230 g/mol. The summed E-state index contributed by atoms with van der Waals surface area (Å²) < 4.78 is 68.2. The zero-order chi connectivity index (χ0) is 57.4. The molecular weight excluding hydrogens is 1180 g/mol. The highest BCUT2D eigenvalue weighted by molar-refractivity contribution is 9.00. The number of rotatable bonds is 15. The van der Waals surface area contributed by atoms with Crippen molar-refractivity contribution in [3.63, 3.8) is 0 Å². The van der Waals surface area contributed by atoms with Crippen LogP contribution >= 0.6 is 45.6 Å². The topological polar surface area (TPSA) is 265 Å². The van der Waals surface area contributed by atoms with E-state index in [1.54, 1.807) is 76.4 Å². The first-order chi connectivity index (χ1) is 39.4. The van der Waals surface area contributed by atoms with Crippen LogP contribution in [0, 0.1) is 10.1 Å². The molecule has 10 heterocycles. The third kappa shape index (κ3) is 12.9. The Kier molecular flexibility index (Phi) is 17.5. The molecule has 0 spiro atoms. The number of carbonyl (C=O) groups is 2. The monoisotopic (exact) mass is 1230 g/mol. The molecule has 0 bridgehead atoms. The normalized spacial score (nSPS) is 27.3. The van der Waals surface area contributed by atoms with Crippen molar-refractivity contribution in [2.45, 2.75) is 115 Å². The third-order valence-corrected chi connectivity index (χ3v) is 27.1. The van der Waals surface area contributed by atoms with Crippen molar-refractivity contribution in [1.29, 1.82) is 0 Å². The minimum absolute atomic E-state index is 0.0114. The first-order valence-electron chi connectivity index (χ1n) is 26.3. The summed E-state index contributed by atoms with van der Waals surface area (Å²) in [5, 5.41) is 10.5. The van der Waals surface area contributed by atoms with Crippen molar-refractivity contribution in [2.24, 2.45) is 0 Å². The Hall–Kier alpha value is -5.09. The Morgan fingerprint density at radius 1 is 0.683 bits per heavy atom. The average Bonchev–Trinajstić information content (AvgIpc) is 3.80. The number of fused-ring (bicyclic) bond motifs is 4. The lowest BCUT2D eigenvalue weighted by molar-refractivity contribution is -0.384. The Morgan fingerprint density at radius 2 is 1.17 bits per heavy atom. The van der Waals surface area contributed by atoms with Gasteiger partial charge in [0.2, 0.25) is 4.67 Å². The van der Waals surface area contributed by atoms with Crippen molar-refractivity contribution in [3.8, 4) is 5.75 Å². The molecule has 0 N–H and O–H groups in total. The van der Waals surface area contributed by atoms with E-state index in [1.165, 1.54) is 36.2 Å². The number of hydrogen-bond donors (Lipinski definition) is 0. The molecule has 0 saturated carbocycles. The van der Waals surface area contributed by atoms with Gasteiger partial charge < -0.3 is 32.9 Å². The van der Waals surface area contributed by atoms with Gasteiger partial charge in [-0.2, -0.15) is 0 Å². The van der Waals surface area contributed by atoms with Crippen LogP contribution in [0.5, 0.6) is 5.75 Å². The zero-order valence-corrected chi connectivity index (χ0v) is 50.0. The van der Waals surface area contributed by atoms with E-state index in [1.807, 2.05) is 68.7 Å². The lowest BCUT2D eigenvalue weighted by Gasteiger charge is -2.25. The van der Waals surface area contributed by atoms with Gasteiger partial charge in [-0.25, -0.2) is 34.5 Å². The molecule has 29 heteroatoms. The molecule has 0 amide bonds. The molecule has 13 rings (SSSR count). The minimum Gasteiger partial charge on any atom is -0.448 e. The molecule has 3 aromatic carbocycles. The smallest absolute Gasteiger partial charge is 0.389 e. The fraction of sp³-hybridized carbons (Fsp3) is 0.434. The molecule has 4 aromatic heterocycles. The summed E-state index contributed by atoms with van der Waals surface area (Å²) in [6.45, 7) is 6.80. The minimum atomic E-state index is -3.19. The number of non-ortho nitro benzene ring substituents is 1. The van der Waals surface area contributed by atoms with Crippen LogP contribution in [0.15, 0.2) is 110 Å². The summed E-state index contributed by atoms with van der Waals surface area (Å²) in [7, 11) is 0. The van der Waals surface area contributed by atoms with Crippen molar-refractivity contribution in [2.75, 3.05) is 30.5 Å². The number of Topliss-reactive ketones (excluding diaryl/α,β-unsaturated/α-hetero) is 2. The highest BCUT2D eigenvalue weighted by atomic mass is 33.2. The number of nitro benzene ring substituents is 1. The van der Waals surface area contributed by atoms with Crippen LogP contribution in [0.3, 0.4) is 0 Å². The van der Waals surface area contributed by atoms with Gasteiger partial charge in [0.05, 0.1) is 61.1 Å². The molecule has 6 saturated heterocycles. The van der Waals surface area contributed by atoms with Crippen molar-refractivity contribution in [3.05, 3.63) is 143 Å². The first kappa shape index (κ1) is 58.7. The number of imidazole rings is 2. The second-order valence-corrected chi connectivity index (χ2v) is 35.1. The predicted molar refractivity (Wildman–Crippen MR) is 310 cm³/mol. The van der Waals surface area contributed by atoms with Crippen LogP contribution in [0.4, 0.5) is 5.69 Å². The SMILES string of the molecule is CC1(C)O[C@@H]2[C@H](O1)[C@@H](CO[P@]1(=O)OCCS1)O[C@H]2n1cnc2c(CC(=O)c3ccccc3)ncnc21.CC[C@H]1O[C@@H](n2cnc3c(CC(=O)c4ccccc4)ncnc32)[C@@H]2OC(C)(C)O[C@@H]21.O=[N+]([O-])c1ccc(OP2(=S)SCCS2)cc1. The van der Waals surface area contributed by atoms with E-state index in [0.29, 0.717) is 63.0 Å². The molecule has 23 nitrogen and oxygen atoms in total. The molecule has 6 fully saturated rings. The number of nitro groups is 1. The molecule has 6 aliphatic rings. The maximum Gasteiger partial charge on any atom is 0.389 e. The van der Waals surface area contributed by atoms with E-state index < -0.39 is 58.7 Å². The Bertz CT molecular complexity index is 3550. The number of ketones is 2. The Morgan fingerprint density at radius 3 is 1.65 bits per heavy atom. The molecule has 7 aromatic rings. The number of nitrogens with zero attached hydrogens (tertiary/aromatic N) is 9. The highest BCUT2D eigenvalue weighted by Crippen LogP contribution is 2.73. The lowest BCUT2D eigenvalue weighted by Crippen LogP contribution is -2.32.